The SMILES string of the molecule is CC(C)=CCCC(C)=CCO.Cc1ccc(C(C)C)cc1O. The van der Waals surface area contributed by atoms with Gasteiger partial charge in [-0.05, 0) is 63.6 Å². The summed E-state index contributed by atoms with van der Waals surface area (Å²) in [4.78, 5) is 0. The minimum absolute atomic E-state index is 0.167. The molecule has 1 rings (SSSR count). The molecule has 0 saturated carbocycles. The maximum absolute atomic E-state index is 9.35. The lowest BCUT2D eigenvalue weighted by atomic mass is 10.0. The zero-order valence-electron chi connectivity index (χ0n) is 15.0. The largest absolute Gasteiger partial charge is 0.508 e. The highest BCUT2D eigenvalue weighted by atomic mass is 16.3. The first-order valence-corrected chi connectivity index (χ1v) is 7.97. The van der Waals surface area contributed by atoms with Crippen LogP contribution in [0.25, 0.3) is 0 Å². The third kappa shape index (κ3) is 9.41. The van der Waals surface area contributed by atoms with Crippen LogP contribution in [0.1, 0.15) is 64.5 Å². The van der Waals surface area contributed by atoms with Gasteiger partial charge in [0, 0.05) is 0 Å². The number of hydrogen-bond acceptors (Lipinski definition) is 2. The van der Waals surface area contributed by atoms with Crippen LogP contribution < -0.4 is 0 Å². The van der Waals surface area contributed by atoms with Crippen LogP contribution in [0.5, 0.6) is 5.75 Å². The first kappa shape index (κ1) is 20.5. The highest BCUT2D eigenvalue weighted by Gasteiger charge is 2.01. The molecule has 0 radical (unpaired) electrons. The van der Waals surface area contributed by atoms with E-state index in [-0.39, 0.29) is 6.61 Å². The molecular formula is C20H32O2. The molecular weight excluding hydrogens is 272 g/mol. The molecule has 0 spiro atoms. The summed E-state index contributed by atoms with van der Waals surface area (Å²) < 4.78 is 0. The fraction of sp³-hybridized carbons (Fsp3) is 0.500. The Morgan fingerprint density at radius 1 is 1.14 bits per heavy atom. The van der Waals surface area contributed by atoms with Crippen molar-refractivity contribution in [2.45, 2.75) is 60.3 Å². The number of phenols is 1. The summed E-state index contributed by atoms with van der Waals surface area (Å²) in [5.74, 6) is 0.887. The van der Waals surface area contributed by atoms with Crippen molar-refractivity contribution in [1.82, 2.24) is 0 Å². The minimum atomic E-state index is 0.167. The quantitative estimate of drug-likeness (QED) is 0.706. The van der Waals surface area contributed by atoms with Gasteiger partial charge in [-0.2, -0.15) is 0 Å². The van der Waals surface area contributed by atoms with E-state index in [2.05, 4.69) is 46.8 Å². The number of hydrogen-bond donors (Lipinski definition) is 2. The van der Waals surface area contributed by atoms with Gasteiger partial charge in [0.05, 0.1) is 6.61 Å². The van der Waals surface area contributed by atoms with Gasteiger partial charge in [-0.3, -0.25) is 0 Å². The topological polar surface area (TPSA) is 40.5 Å². The van der Waals surface area contributed by atoms with E-state index in [1.54, 1.807) is 0 Å². The zero-order chi connectivity index (χ0) is 17.1. The molecule has 0 unspecified atom stereocenters. The molecule has 2 N–H and O–H groups in total. The van der Waals surface area contributed by atoms with Crippen molar-refractivity contribution in [3.63, 3.8) is 0 Å². The summed E-state index contributed by atoms with van der Waals surface area (Å²) in [6, 6.07) is 5.84. The van der Waals surface area contributed by atoms with E-state index < -0.39 is 0 Å². The van der Waals surface area contributed by atoms with E-state index in [1.165, 1.54) is 16.7 Å². The smallest absolute Gasteiger partial charge is 0.118 e. The highest BCUT2D eigenvalue weighted by molar-refractivity contribution is 5.36. The fourth-order valence-corrected chi connectivity index (χ4v) is 1.83. The van der Waals surface area contributed by atoms with E-state index in [0.717, 1.165) is 18.4 Å². The van der Waals surface area contributed by atoms with Gasteiger partial charge in [0.2, 0.25) is 0 Å². The van der Waals surface area contributed by atoms with Crippen LogP contribution in [0.2, 0.25) is 0 Å². The average molecular weight is 304 g/mol. The number of benzene rings is 1. The van der Waals surface area contributed by atoms with Crippen molar-refractivity contribution in [2.75, 3.05) is 6.61 Å². The third-order valence-electron chi connectivity index (χ3n) is 3.43. The molecule has 0 saturated heterocycles. The molecule has 124 valence electrons. The van der Waals surface area contributed by atoms with Crippen LogP contribution in [-0.2, 0) is 0 Å². The summed E-state index contributed by atoms with van der Waals surface area (Å²) in [7, 11) is 0. The van der Waals surface area contributed by atoms with Crippen molar-refractivity contribution in [2.24, 2.45) is 0 Å². The standard InChI is InChI=1S/C10H14O.C10H18O/c1-7(2)9-5-4-8(3)10(11)6-9;1-9(2)5-4-6-10(3)7-8-11/h4-7,11H,1-3H3;5,7,11H,4,6,8H2,1-3H3. The predicted molar refractivity (Wildman–Crippen MR) is 96.4 cm³/mol. The van der Waals surface area contributed by atoms with Crippen LogP contribution in [0.3, 0.4) is 0 Å². The number of rotatable bonds is 5. The molecule has 0 aromatic heterocycles. The van der Waals surface area contributed by atoms with Gasteiger partial charge in [0.1, 0.15) is 5.75 Å². The Kier molecular flexibility index (Phi) is 10.3. The number of aromatic hydroxyl groups is 1. The maximum atomic E-state index is 9.35. The van der Waals surface area contributed by atoms with E-state index in [9.17, 15) is 5.11 Å². The Hall–Kier alpha value is -1.54. The Balaban J connectivity index is 0.000000401. The molecule has 22 heavy (non-hydrogen) atoms. The second-order valence-electron chi connectivity index (χ2n) is 6.25. The number of aliphatic hydroxyl groups is 1. The minimum Gasteiger partial charge on any atom is -0.508 e. The molecule has 0 atom stereocenters. The van der Waals surface area contributed by atoms with Crippen LogP contribution >= 0.6 is 0 Å². The van der Waals surface area contributed by atoms with E-state index in [0.29, 0.717) is 11.7 Å². The summed E-state index contributed by atoms with van der Waals surface area (Å²) in [5.41, 5.74) is 4.76. The second kappa shape index (κ2) is 11.1. The molecule has 0 aliphatic rings. The van der Waals surface area contributed by atoms with Crippen LogP contribution in [-0.4, -0.2) is 16.8 Å². The molecule has 2 nitrogen and oxygen atoms in total. The Morgan fingerprint density at radius 2 is 1.77 bits per heavy atom. The Morgan fingerprint density at radius 3 is 2.23 bits per heavy atom. The van der Waals surface area contributed by atoms with E-state index in [4.69, 9.17) is 5.11 Å². The first-order valence-electron chi connectivity index (χ1n) is 7.97. The van der Waals surface area contributed by atoms with Crippen molar-refractivity contribution in [3.05, 3.63) is 52.6 Å². The van der Waals surface area contributed by atoms with Crippen molar-refractivity contribution in [3.8, 4) is 5.75 Å². The number of allylic oxidation sites excluding steroid dienone is 3. The predicted octanol–water partition coefficient (Wildman–Crippen LogP) is 5.50. The van der Waals surface area contributed by atoms with Gasteiger partial charge in [-0.15, -0.1) is 0 Å². The molecule has 2 heteroatoms. The summed E-state index contributed by atoms with van der Waals surface area (Å²) in [5, 5.41) is 17.9. The van der Waals surface area contributed by atoms with E-state index in [1.807, 2.05) is 25.1 Å². The lowest BCUT2D eigenvalue weighted by Gasteiger charge is -2.06. The van der Waals surface area contributed by atoms with E-state index >= 15 is 0 Å². The highest BCUT2D eigenvalue weighted by Crippen LogP contribution is 2.22. The second-order valence-corrected chi connectivity index (χ2v) is 6.25. The van der Waals surface area contributed by atoms with Crippen molar-refractivity contribution in [1.29, 1.82) is 0 Å². The average Bonchev–Trinajstić information content (AvgIpc) is 2.42. The van der Waals surface area contributed by atoms with Crippen molar-refractivity contribution >= 4 is 0 Å². The zero-order valence-corrected chi connectivity index (χ0v) is 15.0. The third-order valence-corrected chi connectivity index (χ3v) is 3.43. The summed E-state index contributed by atoms with van der Waals surface area (Å²) in [6.07, 6.45) is 6.23. The first-order chi connectivity index (χ1) is 10.3. The lowest BCUT2D eigenvalue weighted by molar-refractivity contribution is 0.341. The van der Waals surface area contributed by atoms with Gasteiger partial charge in [-0.1, -0.05) is 49.3 Å². The molecule has 0 bridgehead atoms. The Labute approximate surface area is 136 Å². The van der Waals surface area contributed by atoms with Gasteiger partial charge >= 0.3 is 0 Å². The molecule has 0 heterocycles. The number of aryl methyl sites for hydroxylation is 1. The van der Waals surface area contributed by atoms with Crippen molar-refractivity contribution < 1.29 is 10.2 Å². The molecule has 0 aliphatic carbocycles. The van der Waals surface area contributed by atoms with Gasteiger partial charge in [0.25, 0.3) is 0 Å². The van der Waals surface area contributed by atoms with Gasteiger partial charge in [-0.25, -0.2) is 0 Å². The summed E-state index contributed by atoms with van der Waals surface area (Å²) in [6.45, 7) is 12.6. The Bertz CT molecular complexity index is 492. The van der Waals surface area contributed by atoms with Crippen LogP contribution in [0, 0.1) is 6.92 Å². The monoisotopic (exact) mass is 304 g/mol. The maximum Gasteiger partial charge on any atom is 0.118 e. The molecule has 1 aromatic rings. The number of phenolic OH excluding ortho intramolecular Hbond substituents is 1. The van der Waals surface area contributed by atoms with Gasteiger partial charge in [0.15, 0.2) is 0 Å². The lowest BCUT2D eigenvalue weighted by Crippen LogP contribution is -1.86. The van der Waals surface area contributed by atoms with Gasteiger partial charge < -0.3 is 10.2 Å². The normalized spacial score (nSPS) is 11.0. The molecule has 0 amide bonds. The number of aliphatic hydroxyl groups excluding tert-OH is 1. The fourth-order valence-electron chi connectivity index (χ4n) is 1.83. The van der Waals surface area contributed by atoms with Crippen LogP contribution in [0.4, 0.5) is 0 Å². The summed E-state index contributed by atoms with van der Waals surface area (Å²) >= 11 is 0. The molecule has 1 aromatic carbocycles. The van der Waals surface area contributed by atoms with Crippen LogP contribution in [0.15, 0.2) is 41.5 Å². The molecule has 0 fully saturated rings. The molecule has 0 aliphatic heterocycles.